The molecule has 0 spiro atoms. The van der Waals surface area contributed by atoms with Gasteiger partial charge in [-0.05, 0) is 24.1 Å². The van der Waals surface area contributed by atoms with Crippen LogP contribution in [0.3, 0.4) is 0 Å². The molecule has 0 atom stereocenters. The van der Waals surface area contributed by atoms with Crippen molar-refractivity contribution in [2.45, 2.75) is 6.42 Å². The number of nitrogen functional groups attached to an aromatic ring is 1. The van der Waals surface area contributed by atoms with Gasteiger partial charge >= 0.3 is 0 Å². The van der Waals surface area contributed by atoms with E-state index in [9.17, 15) is 0 Å². The van der Waals surface area contributed by atoms with E-state index in [2.05, 4.69) is 41.3 Å². The summed E-state index contributed by atoms with van der Waals surface area (Å²) in [7, 11) is 0. The Morgan fingerprint density at radius 3 is 2.79 bits per heavy atom. The molecule has 3 heteroatoms. The van der Waals surface area contributed by atoms with Gasteiger partial charge in [0.2, 0.25) is 0 Å². The Hall–Kier alpha value is -2.16. The third-order valence-corrected chi connectivity index (χ3v) is 3.46. The number of benzene rings is 2. The van der Waals surface area contributed by atoms with Gasteiger partial charge in [0.1, 0.15) is 12.4 Å². The molecule has 0 radical (unpaired) electrons. The van der Waals surface area contributed by atoms with Crippen LogP contribution < -0.4 is 15.4 Å². The number of hydrogen-bond donors (Lipinski definition) is 1. The molecule has 0 unspecified atom stereocenters. The van der Waals surface area contributed by atoms with E-state index >= 15 is 0 Å². The molecule has 0 amide bonds. The summed E-state index contributed by atoms with van der Waals surface area (Å²) in [4.78, 5) is 2.37. The van der Waals surface area contributed by atoms with Crippen molar-refractivity contribution in [3.05, 3.63) is 54.1 Å². The lowest BCUT2D eigenvalue weighted by Gasteiger charge is -2.31. The molecule has 0 aromatic heterocycles. The van der Waals surface area contributed by atoms with Gasteiger partial charge < -0.3 is 15.4 Å². The number of anilines is 2. The highest BCUT2D eigenvalue weighted by atomic mass is 16.5. The lowest BCUT2D eigenvalue weighted by Crippen LogP contribution is -2.34. The number of nitrogens with zero attached hydrogens (tertiary/aromatic N) is 1. The zero-order chi connectivity index (χ0) is 13.1. The van der Waals surface area contributed by atoms with E-state index in [-0.39, 0.29) is 0 Å². The molecule has 0 bridgehead atoms. The van der Waals surface area contributed by atoms with Gasteiger partial charge in [-0.25, -0.2) is 0 Å². The molecule has 0 saturated heterocycles. The van der Waals surface area contributed by atoms with Crippen LogP contribution in [0, 0.1) is 0 Å². The second-order valence-corrected chi connectivity index (χ2v) is 4.80. The molecular weight excluding hydrogens is 236 g/mol. The van der Waals surface area contributed by atoms with E-state index in [4.69, 9.17) is 10.5 Å². The highest BCUT2D eigenvalue weighted by Crippen LogP contribution is 2.33. The van der Waals surface area contributed by atoms with Crippen LogP contribution >= 0.6 is 0 Å². The summed E-state index contributed by atoms with van der Waals surface area (Å²) in [6.45, 7) is 2.67. The summed E-state index contributed by atoms with van der Waals surface area (Å²) in [6, 6.07) is 16.5. The molecule has 1 aliphatic rings. The number of hydrogen-bond acceptors (Lipinski definition) is 3. The first-order valence-electron chi connectivity index (χ1n) is 6.64. The maximum absolute atomic E-state index is 5.79. The summed E-state index contributed by atoms with van der Waals surface area (Å²) in [5.41, 5.74) is 9.06. The van der Waals surface area contributed by atoms with Crippen molar-refractivity contribution in [2.24, 2.45) is 0 Å². The van der Waals surface area contributed by atoms with Crippen molar-refractivity contribution in [1.82, 2.24) is 0 Å². The molecule has 1 aliphatic heterocycles. The van der Waals surface area contributed by atoms with E-state index < -0.39 is 0 Å². The number of rotatable bonds is 3. The SMILES string of the molecule is Nc1ccc2c(c1)OCCN2CCc1ccccc1. The molecule has 19 heavy (non-hydrogen) atoms. The maximum Gasteiger partial charge on any atom is 0.144 e. The quantitative estimate of drug-likeness (QED) is 0.856. The Morgan fingerprint density at radius 2 is 1.95 bits per heavy atom. The second-order valence-electron chi connectivity index (χ2n) is 4.80. The van der Waals surface area contributed by atoms with E-state index in [1.54, 1.807) is 0 Å². The van der Waals surface area contributed by atoms with Crippen LogP contribution in [0.2, 0.25) is 0 Å². The highest BCUT2D eigenvalue weighted by Gasteiger charge is 2.17. The molecule has 0 saturated carbocycles. The van der Waals surface area contributed by atoms with Gasteiger partial charge in [0, 0.05) is 18.3 Å². The molecule has 1 heterocycles. The molecule has 2 N–H and O–H groups in total. The Morgan fingerprint density at radius 1 is 1.11 bits per heavy atom. The Balaban J connectivity index is 1.73. The van der Waals surface area contributed by atoms with E-state index in [0.717, 1.165) is 43.2 Å². The van der Waals surface area contributed by atoms with Crippen molar-refractivity contribution in [3.63, 3.8) is 0 Å². The minimum atomic E-state index is 0.727. The van der Waals surface area contributed by atoms with Gasteiger partial charge in [0.05, 0.1) is 12.2 Å². The van der Waals surface area contributed by atoms with Gasteiger partial charge in [-0.15, -0.1) is 0 Å². The lowest BCUT2D eigenvalue weighted by atomic mass is 10.1. The Labute approximate surface area is 113 Å². The topological polar surface area (TPSA) is 38.5 Å². The summed E-state index contributed by atoms with van der Waals surface area (Å²) in [6.07, 6.45) is 1.05. The van der Waals surface area contributed by atoms with Crippen molar-refractivity contribution < 1.29 is 4.74 Å². The molecular formula is C16H18N2O. The first kappa shape index (κ1) is 11.9. The third-order valence-electron chi connectivity index (χ3n) is 3.46. The smallest absolute Gasteiger partial charge is 0.144 e. The zero-order valence-corrected chi connectivity index (χ0v) is 10.9. The van der Waals surface area contributed by atoms with Crippen LogP contribution in [0.1, 0.15) is 5.56 Å². The molecule has 3 rings (SSSR count). The van der Waals surface area contributed by atoms with Crippen molar-refractivity contribution >= 4 is 11.4 Å². The van der Waals surface area contributed by atoms with Crippen molar-refractivity contribution in [3.8, 4) is 5.75 Å². The van der Waals surface area contributed by atoms with Crippen LogP contribution in [0.25, 0.3) is 0 Å². The molecule has 2 aromatic rings. The van der Waals surface area contributed by atoms with Gasteiger partial charge in [-0.3, -0.25) is 0 Å². The Kier molecular flexibility index (Phi) is 3.27. The monoisotopic (exact) mass is 254 g/mol. The largest absolute Gasteiger partial charge is 0.489 e. The standard InChI is InChI=1S/C16H18N2O/c17-14-6-7-15-16(12-14)19-11-10-18(15)9-8-13-4-2-1-3-5-13/h1-7,12H,8-11,17H2. The number of nitrogens with two attached hydrogens (primary N) is 1. The summed E-state index contributed by atoms with van der Waals surface area (Å²) in [5, 5.41) is 0. The van der Waals surface area contributed by atoms with Crippen LogP contribution in [0.5, 0.6) is 5.75 Å². The Bertz CT molecular complexity index is 554. The predicted octanol–water partition coefficient (Wildman–Crippen LogP) is 2.71. The average molecular weight is 254 g/mol. The van der Waals surface area contributed by atoms with E-state index in [1.807, 2.05) is 12.1 Å². The predicted molar refractivity (Wildman–Crippen MR) is 78.7 cm³/mol. The zero-order valence-electron chi connectivity index (χ0n) is 10.9. The maximum atomic E-state index is 5.79. The third kappa shape index (κ3) is 2.65. The van der Waals surface area contributed by atoms with Gasteiger partial charge in [-0.1, -0.05) is 30.3 Å². The summed E-state index contributed by atoms with van der Waals surface area (Å²) in [5.74, 6) is 0.902. The fourth-order valence-electron chi connectivity index (χ4n) is 2.43. The first-order chi connectivity index (χ1) is 9.33. The van der Waals surface area contributed by atoms with E-state index in [1.165, 1.54) is 5.56 Å². The van der Waals surface area contributed by atoms with Gasteiger partial charge in [0.15, 0.2) is 0 Å². The van der Waals surface area contributed by atoms with Crippen LogP contribution in [0.4, 0.5) is 11.4 Å². The van der Waals surface area contributed by atoms with Crippen molar-refractivity contribution in [1.29, 1.82) is 0 Å². The van der Waals surface area contributed by atoms with Crippen LogP contribution in [-0.4, -0.2) is 19.7 Å². The number of fused-ring (bicyclic) bond motifs is 1. The van der Waals surface area contributed by atoms with Crippen LogP contribution in [0.15, 0.2) is 48.5 Å². The highest BCUT2D eigenvalue weighted by molar-refractivity contribution is 5.65. The normalized spacial score (nSPS) is 13.8. The van der Waals surface area contributed by atoms with E-state index in [0.29, 0.717) is 0 Å². The molecule has 0 fully saturated rings. The molecule has 2 aromatic carbocycles. The van der Waals surface area contributed by atoms with Crippen LogP contribution in [-0.2, 0) is 6.42 Å². The van der Waals surface area contributed by atoms with Crippen molar-refractivity contribution in [2.75, 3.05) is 30.3 Å². The average Bonchev–Trinajstić information content (AvgIpc) is 2.45. The molecule has 0 aliphatic carbocycles. The lowest BCUT2D eigenvalue weighted by molar-refractivity contribution is 0.308. The fraction of sp³-hybridized carbons (Fsp3) is 0.250. The van der Waals surface area contributed by atoms with Gasteiger partial charge in [0.25, 0.3) is 0 Å². The molecule has 3 nitrogen and oxygen atoms in total. The number of ether oxygens (including phenoxy) is 1. The second kappa shape index (κ2) is 5.22. The minimum Gasteiger partial charge on any atom is -0.489 e. The minimum absolute atomic E-state index is 0.727. The summed E-state index contributed by atoms with van der Waals surface area (Å²) < 4.78 is 5.66. The molecule has 98 valence electrons. The van der Waals surface area contributed by atoms with Gasteiger partial charge in [-0.2, -0.15) is 0 Å². The summed E-state index contributed by atoms with van der Waals surface area (Å²) >= 11 is 0. The first-order valence-corrected chi connectivity index (χ1v) is 6.64. The fourth-order valence-corrected chi connectivity index (χ4v) is 2.43.